The Hall–Kier alpha value is -1.28. The van der Waals surface area contributed by atoms with Gasteiger partial charge in [0.2, 0.25) is 0 Å². The molecule has 0 saturated carbocycles. The van der Waals surface area contributed by atoms with Crippen LogP contribution in [-0.2, 0) is 0 Å². The predicted molar refractivity (Wildman–Crippen MR) is 63.8 cm³/mol. The van der Waals surface area contributed by atoms with Gasteiger partial charge in [0.1, 0.15) is 0 Å². The van der Waals surface area contributed by atoms with Crippen LogP contribution in [-0.4, -0.2) is 4.98 Å². The molecule has 1 aromatic heterocycles. The zero-order valence-corrected chi connectivity index (χ0v) is 9.70. The average Bonchev–Trinajstić information content (AvgIpc) is 2.17. The van der Waals surface area contributed by atoms with E-state index < -0.39 is 0 Å². The van der Waals surface area contributed by atoms with Gasteiger partial charge in [0.25, 0.3) is 0 Å². The number of benzene rings is 1. The van der Waals surface area contributed by atoms with Crippen molar-refractivity contribution in [2.45, 2.75) is 20.8 Å². The van der Waals surface area contributed by atoms with Crippen LogP contribution in [0.5, 0.6) is 0 Å². The Balaban J connectivity index is 3.06. The highest BCUT2D eigenvalue weighted by atomic mass is 35.5. The van der Waals surface area contributed by atoms with Crippen LogP contribution in [0.15, 0.2) is 16.9 Å². The number of aryl methyl sites for hydroxylation is 2. The van der Waals surface area contributed by atoms with Crippen molar-refractivity contribution in [1.82, 2.24) is 4.98 Å². The minimum Gasteiger partial charge on any atom is -0.358 e. The number of hydrogen-bond donors (Lipinski definition) is 1. The van der Waals surface area contributed by atoms with Crippen LogP contribution < -0.4 is 5.43 Å². The Morgan fingerprint density at radius 3 is 2.53 bits per heavy atom. The first-order chi connectivity index (χ1) is 7.00. The minimum atomic E-state index is 0.0619. The van der Waals surface area contributed by atoms with Crippen molar-refractivity contribution in [2.75, 3.05) is 0 Å². The molecule has 0 saturated heterocycles. The Labute approximate surface area is 92.9 Å². The van der Waals surface area contributed by atoms with Crippen LogP contribution >= 0.6 is 11.6 Å². The number of aromatic amines is 1. The molecule has 1 N–H and O–H groups in total. The van der Waals surface area contributed by atoms with Crippen LogP contribution in [0.1, 0.15) is 16.8 Å². The van der Waals surface area contributed by atoms with E-state index in [0.717, 1.165) is 22.3 Å². The molecule has 15 heavy (non-hydrogen) atoms. The normalized spacial score (nSPS) is 10.9. The number of pyridine rings is 1. The van der Waals surface area contributed by atoms with Gasteiger partial charge in [-0.05, 0) is 38.5 Å². The van der Waals surface area contributed by atoms with E-state index in [4.69, 9.17) is 11.6 Å². The van der Waals surface area contributed by atoms with Gasteiger partial charge in [-0.1, -0.05) is 11.6 Å². The first-order valence-electron chi connectivity index (χ1n) is 4.80. The predicted octanol–water partition coefficient (Wildman–Crippen LogP) is 3.11. The molecule has 0 aliphatic heterocycles. The summed E-state index contributed by atoms with van der Waals surface area (Å²) in [4.78, 5) is 15.2. The monoisotopic (exact) mass is 221 g/mol. The van der Waals surface area contributed by atoms with Crippen molar-refractivity contribution in [3.8, 4) is 0 Å². The minimum absolute atomic E-state index is 0.0619. The standard InChI is InChI=1S/C12H12ClNO/c1-6-4-9(13)5-10-11(6)14-8(3)7(2)12(10)15/h4-5H,1-3H3,(H,14,15). The lowest BCUT2D eigenvalue weighted by Gasteiger charge is -2.07. The number of fused-ring (bicyclic) bond motifs is 1. The quantitative estimate of drug-likeness (QED) is 0.729. The molecule has 0 fully saturated rings. The number of hydrogen-bond acceptors (Lipinski definition) is 1. The summed E-state index contributed by atoms with van der Waals surface area (Å²) in [6.45, 7) is 5.67. The molecule has 78 valence electrons. The summed E-state index contributed by atoms with van der Waals surface area (Å²) < 4.78 is 0. The fourth-order valence-electron chi connectivity index (χ4n) is 1.74. The molecule has 0 aliphatic rings. The van der Waals surface area contributed by atoms with Gasteiger partial charge in [0.05, 0.1) is 5.52 Å². The van der Waals surface area contributed by atoms with Gasteiger partial charge < -0.3 is 4.98 Å². The molecule has 0 aliphatic carbocycles. The maximum atomic E-state index is 12.0. The molecule has 0 atom stereocenters. The Morgan fingerprint density at radius 1 is 1.20 bits per heavy atom. The third-order valence-electron chi connectivity index (χ3n) is 2.76. The first-order valence-corrected chi connectivity index (χ1v) is 5.18. The maximum Gasteiger partial charge on any atom is 0.192 e. The van der Waals surface area contributed by atoms with Gasteiger partial charge in [-0.15, -0.1) is 0 Å². The van der Waals surface area contributed by atoms with Crippen molar-refractivity contribution in [1.29, 1.82) is 0 Å². The van der Waals surface area contributed by atoms with Gasteiger partial charge in [0.15, 0.2) is 5.43 Å². The summed E-state index contributed by atoms with van der Waals surface area (Å²) in [6, 6.07) is 3.57. The topological polar surface area (TPSA) is 32.9 Å². The molecule has 2 nitrogen and oxygen atoms in total. The first kappa shape index (κ1) is 10.2. The highest BCUT2D eigenvalue weighted by Crippen LogP contribution is 2.20. The molecule has 1 heterocycles. The fourth-order valence-corrected chi connectivity index (χ4v) is 2.01. The number of aromatic nitrogens is 1. The lowest BCUT2D eigenvalue weighted by Crippen LogP contribution is -2.10. The number of rotatable bonds is 0. The van der Waals surface area contributed by atoms with Crippen molar-refractivity contribution in [3.05, 3.63) is 44.2 Å². The Morgan fingerprint density at radius 2 is 1.87 bits per heavy atom. The molecular weight excluding hydrogens is 210 g/mol. The third-order valence-corrected chi connectivity index (χ3v) is 2.98. The van der Waals surface area contributed by atoms with E-state index >= 15 is 0 Å². The van der Waals surface area contributed by atoms with Gasteiger partial charge in [-0.3, -0.25) is 4.79 Å². The highest BCUT2D eigenvalue weighted by molar-refractivity contribution is 6.31. The smallest absolute Gasteiger partial charge is 0.192 e. The Kier molecular flexibility index (Phi) is 2.31. The summed E-state index contributed by atoms with van der Waals surface area (Å²) in [7, 11) is 0. The molecule has 0 radical (unpaired) electrons. The van der Waals surface area contributed by atoms with E-state index in [-0.39, 0.29) is 5.43 Å². The van der Waals surface area contributed by atoms with Crippen LogP contribution in [0.2, 0.25) is 5.02 Å². The van der Waals surface area contributed by atoms with Crippen molar-refractivity contribution < 1.29 is 0 Å². The summed E-state index contributed by atoms with van der Waals surface area (Å²) in [5.41, 5.74) is 3.61. The van der Waals surface area contributed by atoms with Crippen molar-refractivity contribution in [2.24, 2.45) is 0 Å². The summed E-state index contributed by atoms with van der Waals surface area (Å²) in [6.07, 6.45) is 0. The van der Waals surface area contributed by atoms with E-state index in [2.05, 4.69) is 4.98 Å². The zero-order chi connectivity index (χ0) is 11.2. The number of H-pyrrole nitrogens is 1. The number of nitrogens with one attached hydrogen (secondary N) is 1. The molecule has 2 aromatic rings. The molecular formula is C12H12ClNO. The highest BCUT2D eigenvalue weighted by Gasteiger charge is 2.07. The van der Waals surface area contributed by atoms with Gasteiger partial charge >= 0.3 is 0 Å². The second-order valence-corrected chi connectivity index (χ2v) is 4.29. The fraction of sp³-hybridized carbons (Fsp3) is 0.250. The second-order valence-electron chi connectivity index (χ2n) is 3.85. The Bertz CT molecular complexity index is 599. The van der Waals surface area contributed by atoms with Crippen molar-refractivity contribution >= 4 is 22.5 Å². The summed E-state index contributed by atoms with van der Waals surface area (Å²) in [5.74, 6) is 0. The largest absolute Gasteiger partial charge is 0.358 e. The van der Waals surface area contributed by atoms with Crippen LogP contribution in [0, 0.1) is 20.8 Å². The zero-order valence-electron chi connectivity index (χ0n) is 8.94. The SMILES string of the molecule is Cc1[nH]c2c(C)cc(Cl)cc2c(=O)c1C. The molecule has 0 bridgehead atoms. The second kappa shape index (κ2) is 3.38. The van der Waals surface area contributed by atoms with Gasteiger partial charge in [0, 0.05) is 21.7 Å². The third kappa shape index (κ3) is 1.55. The lowest BCUT2D eigenvalue weighted by atomic mass is 10.1. The molecule has 1 aromatic carbocycles. The van der Waals surface area contributed by atoms with Crippen molar-refractivity contribution in [3.63, 3.8) is 0 Å². The van der Waals surface area contributed by atoms with E-state index in [1.807, 2.05) is 26.8 Å². The number of halogens is 1. The van der Waals surface area contributed by atoms with Crippen LogP contribution in [0.3, 0.4) is 0 Å². The molecule has 0 spiro atoms. The molecule has 2 rings (SSSR count). The van der Waals surface area contributed by atoms with E-state index in [9.17, 15) is 4.79 Å². The molecule has 0 amide bonds. The van der Waals surface area contributed by atoms with E-state index in [1.165, 1.54) is 0 Å². The molecule has 0 unspecified atom stereocenters. The average molecular weight is 222 g/mol. The summed E-state index contributed by atoms with van der Waals surface area (Å²) in [5, 5.41) is 1.27. The van der Waals surface area contributed by atoms with Crippen LogP contribution in [0.4, 0.5) is 0 Å². The van der Waals surface area contributed by atoms with Gasteiger partial charge in [-0.2, -0.15) is 0 Å². The molecule has 3 heteroatoms. The van der Waals surface area contributed by atoms with Crippen LogP contribution in [0.25, 0.3) is 10.9 Å². The van der Waals surface area contributed by atoms with Gasteiger partial charge in [-0.25, -0.2) is 0 Å². The maximum absolute atomic E-state index is 12.0. The van der Waals surface area contributed by atoms with E-state index in [1.54, 1.807) is 6.07 Å². The van der Waals surface area contributed by atoms with E-state index in [0.29, 0.717) is 10.4 Å². The lowest BCUT2D eigenvalue weighted by molar-refractivity contribution is 1.17. The summed E-state index contributed by atoms with van der Waals surface area (Å²) >= 11 is 5.94.